The van der Waals surface area contributed by atoms with Gasteiger partial charge in [0.15, 0.2) is 0 Å². The zero-order chi connectivity index (χ0) is 18.7. The summed E-state index contributed by atoms with van der Waals surface area (Å²) in [5.74, 6) is -1.99. The minimum absolute atomic E-state index is 0.0273. The number of pyridine rings is 1. The molecule has 134 valence electrons. The molecule has 5 nitrogen and oxygen atoms in total. The fourth-order valence-corrected chi connectivity index (χ4v) is 3.09. The molecule has 3 aromatic rings. The Morgan fingerprint density at radius 3 is 2.15 bits per heavy atom. The molecule has 2 N–H and O–H groups in total. The van der Waals surface area contributed by atoms with E-state index in [1.807, 2.05) is 0 Å². The summed E-state index contributed by atoms with van der Waals surface area (Å²) in [7, 11) is -3.91. The number of hydrogen-bond donors (Lipinski definition) is 2. The molecule has 0 saturated carbocycles. The molecule has 0 saturated heterocycles. The number of rotatable bonds is 5. The maximum Gasteiger partial charge on any atom is 0.263 e. The van der Waals surface area contributed by atoms with Crippen molar-refractivity contribution in [3.63, 3.8) is 0 Å². The summed E-state index contributed by atoms with van der Waals surface area (Å²) < 4.78 is 66.0. The number of anilines is 3. The van der Waals surface area contributed by atoms with E-state index in [1.54, 1.807) is 0 Å². The van der Waals surface area contributed by atoms with Crippen LogP contribution < -0.4 is 10.0 Å². The van der Waals surface area contributed by atoms with E-state index in [9.17, 15) is 21.6 Å². The predicted molar refractivity (Wildman–Crippen MR) is 91.1 cm³/mol. The highest BCUT2D eigenvalue weighted by Gasteiger charge is 2.15. The Labute approximate surface area is 147 Å². The minimum Gasteiger partial charge on any atom is -0.352 e. The van der Waals surface area contributed by atoms with Crippen LogP contribution in [0, 0.1) is 17.5 Å². The summed E-state index contributed by atoms with van der Waals surface area (Å²) >= 11 is 0. The molecular formula is C17H12F3N3O2S. The number of nitrogens with one attached hydrogen (secondary N) is 2. The van der Waals surface area contributed by atoms with Crippen molar-refractivity contribution in [1.82, 2.24) is 4.98 Å². The number of nitrogens with zero attached hydrogens (tertiary/aromatic N) is 1. The molecule has 3 rings (SSSR count). The van der Waals surface area contributed by atoms with E-state index >= 15 is 0 Å². The Hall–Kier alpha value is -3.07. The quantitative estimate of drug-likeness (QED) is 0.702. The van der Waals surface area contributed by atoms with Gasteiger partial charge in [-0.1, -0.05) is 0 Å². The van der Waals surface area contributed by atoms with Crippen LogP contribution in [0.3, 0.4) is 0 Å². The van der Waals surface area contributed by atoms with Crippen LogP contribution in [0.5, 0.6) is 0 Å². The molecule has 0 aliphatic rings. The number of benzene rings is 2. The lowest BCUT2D eigenvalue weighted by Gasteiger charge is -2.10. The lowest BCUT2D eigenvalue weighted by Crippen LogP contribution is -2.13. The van der Waals surface area contributed by atoms with Gasteiger partial charge in [-0.15, -0.1) is 0 Å². The van der Waals surface area contributed by atoms with Crippen LogP contribution in [0.2, 0.25) is 0 Å². The molecular weight excluding hydrogens is 367 g/mol. The summed E-state index contributed by atoms with van der Waals surface area (Å²) in [6.07, 6.45) is 1.28. The fourth-order valence-electron chi connectivity index (χ4n) is 2.08. The summed E-state index contributed by atoms with van der Waals surface area (Å²) in [5.41, 5.74) is 0.424. The average Bonchev–Trinajstić information content (AvgIpc) is 2.59. The average molecular weight is 379 g/mol. The van der Waals surface area contributed by atoms with Gasteiger partial charge in [-0.25, -0.2) is 26.6 Å². The van der Waals surface area contributed by atoms with E-state index in [4.69, 9.17) is 0 Å². The van der Waals surface area contributed by atoms with E-state index in [0.29, 0.717) is 5.69 Å². The zero-order valence-corrected chi connectivity index (χ0v) is 13.9. The molecule has 1 heterocycles. The Morgan fingerprint density at radius 2 is 1.54 bits per heavy atom. The maximum absolute atomic E-state index is 13.6. The second kappa shape index (κ2) is 7.04. The van der Waals surface area contributed by atoms with Gasteiger partial charge in [-0.05, 0) is 48.5 Å². The molecule has 2 aromatic carbocycles. The first-order chi connectivity index (χ1) is 12.3. The molecule has 0 radical (unpaired) electrons. The summed E-state index contributed by atoms with van der Waals surface area (Å²) in [6.45, 7) is 0. The molecule has 1 aromatic heterocycles. The normalized spacial score (nSPS) is 11.2. The standard InChI is InChI=1S/C17H12F3N3O2S/c18-11-1-5-14(6-2-11)26(24,25)23-17-8-4-13(10-21-17)22-16-7-3-12(19)9-15(16)20/h1-10,22H,(H,21,23). The van der Waals surface area contributed by atoms with Gasteiger partial charge in [0.05, 0.1) is 22.5 Å². The second-order valence-corrected chi connectivity index (χ2v) is 6.92. The molecule has 0 aliphatic heterocycles. The van der Waals surface area contributed by atoms with Gasteiger partial charge in [-0.3, -0.25) is 4.72 Å². The molecule has 26 heavy (non-hydrogen) atoms. The molecule has 0 aliphatic carbocycles. The first kappa shape index (κ1) is 17.7. The van der Waals surface area contributed by atoms with Crippen LogP contribution in [0.4, 0.5) is 30.4 Å². The van der Waals surface area contributed by atoms with Gasteiger partial charge in [-0.2, -0.15) is 0 Å². The summed E-state index contributed by atoms with van der Waals surface area (Å²) in [5, 5.41) is 2.70. The van der Waals surface area contributed by atoms with Crippen molar-refractivity contribution in [2.24, 2.45) is 0 Å². The Morgan fingerprint density at radius 1 is 0.846 bits per heavy atom. The molecule has 0 spiro atoms. The first-order valence-electron chi connectivity index (χ1n) is 7.30. The topological polar surface area (TPSA) is 71.1 Å². The van der Waals surface area contributed by atoms with Gasteiger partial charge in [0.1, 0.15) is 23.3 Å². The molecule has 0 unspecified atom stereocenters. The lowest BCUT2D eigenvalue weighted by atomic mass is 10.3. The number of aromatic nitrogens is 1. The van der Waals surface area contributed by atoms with Gasteiger partial charge in [0, 0.05) is 6.07 Å². The second-order valence-electron chi connectivity index (χ2n) is 5.24. The SMILES string of the molecule is O=S(=O)(Nc1ccc(Nc2ccc(F)cc2F)cn1)c1ccc(F)cc1. The highest BCUT2D eigenvalue weighted by molar-refractivity contribution is 7.92. The molecule has 9 heteroatoms. The van der Waals surface area contributed by atoms with E-state index < -0.39 is 27.5 Å². The van der Waals surface area contributed by atoms with Crippen molar-refractivity contribution in [3.8, 4) is 0 Å². The largest absolute Gasteiger partial charge is 0.352 e. The van der Waals surface area contributed by atoms with Crippen molar-refractivity contribution in [3.05, 3.63) is 78.2 Å². The van der Waals surface area contributed by atoms with Crippen molar-refractivity contribution in [1.29, 1.82) is 0 Å². The molecule has 0 atom stereocenters. The lowest BCUT2D eigenvalue weighted by molar-refractivity contribution is 0.586. The third kappa shape index (κ3) is 4.12. The number of halogens is 3. The monoisotopic (exact) mass is 379 g/mol. The van der Waals surface area contributed by atoms with E-state index in [-0.39, 0.29) is 16.4 Å². The summed E-state index contributed by atoms with van der Waals surface area (Å²) in [6, 6.07) is 10.2. The number of hydrogen-bond acceptors (Lipinski definition) is 4. The first-order valence-corrected chi connectivity index (χ1v) is 8.78. The molecule has 0 fully saturated rings. The maximum atomic E-state index is 13.6. The minimum atomic E-state index is -3.91. The zero-order valence-electron chi connectivity index (χ0n) is 13.1. The predicted octanol–water partition coefficient (Wildman–Crippen LogP) is 4.04. The number of sulfonamides is 1. The van der Waals surface area contributed by atoms with E-state index in [2.05, 4.69) is 15.0 Å². The van der Waals surface area contributed by atoms with Crippen molar-refractivity contribution >= 4 is 27.2 Å². The van der Waals surface area contributed by atoms with Gasteiger partial charge in [0.2, 0.25) is 0 Å². The highest BCUT2D eigenvalue weighted by Crippen LogP contribution is 2.22. The molecule has 0 amide bonds. The van der Waals surface area contributed by atoms with Crippen LogP contribution in [0.15, 0.2) is 65.7 Å². The third-order valence-electron chi connectivity index (χ3n) is 3.34. The van der Waals surface area contributed by atoms with Crippen LogP contribution >= 0.6 is 0 Å². The van der Waals surface area contributed by atoms with Crippen LogP contribution in [0.25, 0.3) is 0 Å². The van der Waals surface area contributed by atoms with E-state index in [0.717, 1.165) is 36.4 Å². The Kier molecular flexibility index (Phi) is 4.81. The van der Waals surface area contributed by atoms with Crippen LogP contribution in [-0.2, 0) is 10.0 Å². The Balaban J connectivity index is 1.74. The fraction of sp³-hybridized carbons (Fsp3) is 0. The van der Waals surface area contributed by atoms with Gasteiger partial charge < -0.3 is 5.32 Å². The van der Waals surface area contributed by atoms with E-state index in [1.165, 1.54) is 24.4 Å². The Bertz CT molecular complexity index is 1020. The van der Waals surface area contributed by atoms with Gasteiger partial charge >= 0.3 is 0 Å². The van der Waals surface area contributed by atoms with Crippen molar-refractivity contribution in [2.45, 2.75) is 4.90 Å². The highest BCUT2D eigenvalue weighted by atomic mass is 32.2. The van der Waals surface area contributed by atoms with Crippen molar-refractivity contribution < 1.29 is 21.6 Å². The smallest absolute Gasteiger partial charge is 0.263 e. The van der Waals surface area contributed by atoms with Crippen LogP contribution in [0.1, 0.15) is 0 Å². The summed E-state index contributed by atoms with van der Waals surface area (Å²) in [4.78, 5) is 3.81. The molecule has 0 bridgehead atoms. The van der Waals surface area contributed by atoms with Gasteiger partial charge in [0.25, 0.3) is 10.0 Å². The van der Waals surface area contributed by atoms with Crippen LogP contribution in [-0.4, -0.2) is 13.4 Å². The third-order valence-corrected chi connectivity index (χ3v) is 4.71. The van der Waals surface area contributed by atoms with Crippen molar-refractivity contribution in [2.75, 3.05) is 10.0 Å².